The summed E-state index contributed by atoms with van der Waals surface area (Å²) < 4.78 is 25.9. The van der Waals surface area contributed by atoms with E-state index in [1.165, 1.54) is 103 Å². The van der Waals surface area contributed by atoms with Crippen LogP contribution in [-0.2, 0) is 24.0 Å². The maximum absolute atomic E-state index is 13.6. The van der Waals surface area contributed by atoms with Gasteiger partial charge in [-0.3, -0.25) is 9.59 Å². The van der Waals surface area contributed by atoms with Gasteiger partial charge in [-0.05, 0) is 114 Å². The molecule has 7 nitrogen and oxygen atoms in total. The Hall–Kier alpha value is -2.47. The van der Waals surface area contributed by atoms with Gasteiger partial charge in [-0.2, -0.15) is 0 Å². The smallest absolute Gasteiger partial charge is 0.221 e. The van der Waals surface area contributed by atoms with E-state index in [9.17, 15) is 9.59 Å². The van der Waals surface area contributed by atoms with Crippen molar-refractivity contribution in [3.8, 4) is 11.5 Å². The van der Waals surface area contributed by atoms with Gasteiger partial charge in [0.1, 0.15) is 17.3 Å². The summed E-state index contributed by atoms with van der Waals surface area (Å²) in [6, 6.07) is 16.3. The summed E-state index contributed by atoms with van der Waals surface area (Å²) in [5.74, 6) is 2.09. The Morgan fingerprint density at radius 2 is 0.712 bits per heavy atom. The number of amides is 1. The first kappa shape index (κ1) is 66.6. The lowest BCUT2D eigenvalue weighted by molar-refractivity contribution is -0.128. The average Bonchev–Trinajstić information content (AvgIpc) is 3.32. The molecule has 1 atom stereocenters. The third kappa shape index (κ3) is 23.0. The van der Waals surface area contributed by atoms with Crippen LogP contribution in [0.5, 0.6) is 11.5 Å². The highest BCUT2D eigenvalue weighted by Gasteiger charge is 2.46. The molecule has 0 unspecified atom stereocenters. The van der Waals surface area contributed by atoms with Crippen molar-refractivity contribution in [3.05, 3.63) is 59.7 Å². The number of hydrogen-bond acceptors (Lipinski definition) is 6. The summed E-state index contributed by atoms with van der Waals surface area (Å²) >= 11 is 0. The van der Waals surface area contributed by atoms with Gasteiger partial charge in [0, 0.05) is 32.0 Å². The molecule has 0 fully saturated rings. The number of benzene rings is 2. The van der Waals surface area contributed by atoms with Gasteiger partial charge in [-0.25, -0.2) is 0 Å². The summed E-state index contributed by atoms with van der Waals surface area (Å²) in [6.45, 7) is 40.0. The molecule has 0 saturated carbocycles. The van der Waals surface area contributed by atoms with Crippen LogP contribution >= 0.6 is 0 Å². The van der Waals surface area contributed by atoms with Gasteiger partial charge in [0.05, 0.1) is 18.8 Å². The van der Waals surface area contributed by atoms with Crippen molar-refractivity contribution >= 4 is 28.3 Å². The molecular weight excluding hydrogens is 935 g/mol. The van der Waals surface area contributed by atoms with Crippen molar-refractivity contribution in [1.29, 1.82) is 0 Å². The quantitative estimate of drug-likeness (QED) is 0.0526. The fourth-order valence-electron chi connectivity index (χ4n) is 12.5. The van der Waals surface area contributed by atoms with Crippen molar-refractivity contribution < 1.29 is 27.9 Å². The van der Waals surface area contributed by atoms with E-state index in [0.717, 1.165) is 55.1 Å². The molecule has 2 aromatic rings. The molecular formula is C64H115NO6Si2. The van der Waals surface area contributed by atoms with E-state index in [2.05, 4.69) is 133 Å². The molecule has 0 spiro atoms. The Balaban J connectivity index is 1.82. The molecule has 0 aliphatic carbocycles. The second-order valence-corrected chi connectivity index (χ2v) is 35.5. The largest absolute Gasteiger partial charge is 0.494 e. The highest BCUT2D eigenvalue weighted by molar-refractivity contribution is 6.78. The average molecular weight is 1050 g/mol. The van der Waals surface area contributed by atoms with Crippen LogP contribution in [0.25, 0.3) is 0 Å². The first-order valence-electron chi connectivity index (χ1n) is 30.2. The van der Waals surface area contributed by atoms with Crippen molar-refractivity contribution in [2.75, 3.05) is 26.4 Å². The number of Topliss-reactive ketones (excluding diaryl/α,β-unsaturated/α-hetero) is 1. The maximum atomic E-state index is 13.6. The standard InChI is InChI=1S/C64H115NO6Si2/c1-50(2)49-57(15)62(66)43-44-63(67)65-64(16,58-35-39-60(40-36-58)68-45-31-27-23-19-17-21-25-29-33-47-70-72(51(3)4,52(5)6)53(7)8)59-37-41-61(42-38-59)69-46-32-28-24-20-18-22-26-30-34-48-71-73(54(9)10,55(11)12)56(13)14/h35-42,50-57H,17-34,43-49H2,1-16H3,(H,65,67)/t57-/m0/s1. The number of hydrogen-bond donors (Lipinski definition) is 1. The molecule has 9 heteroatoms. The van der Waals surface area contributed by atoms with Gasteiger partial charge < -0.3 is 23.6 Å². The van der Waals surface area contributed by atoms with Crippen LogP contribution in [0.1, 0.15) is 257 Å². The summed E-state index contributed by atoms with van der Waals surface area (Å²) in [5, 5.41) is 3.34. The monoisotopic (exact) mass is 1050 g/mol. The number of ketones is 1. The van der Waals surface area contributed by atoms with Crippen molar-refractivity contribution in [2.24, 2.45) is 11.8 Å². The molecule has 0 aliphatic rings. The number of carbonyl (C=O) groups excluding carboxylic acids is 2. The van der Waals surface area contributed by atoms with E-state index >= 15 is 0 Å². The molecule has 1 N–H and O–H groups in total. The van der Waals surface area contributed by atoms with E-state index in [0.29, 0.717) is 52.4 Å². The molecule has 2 rings (SSSR count). The molecule has 420 valence electrons. The van der Waals surface area contributed by atoms with E-state index in [1.807, 2.05) is 31.2 Å². The number of carbonyl (C=O) groups is 2. The Bertz CT molecular complexity index is 1590. The topological polar surface area (TPSA) is 83.1 Å². The predicted molar refractivity (Wildman–Crippen MR) is 318 cm³/mol. The third-order valence-corrected chi connectivity index (χ3v) is 28.7. The highest BCUT2D eigenvalue weighted by Crippen LogP contribution is 2.43. The van der Waals surface area contributed by atoms with Crippen LogP contribution in [0.3, 0.4) is 0 Å². The minimum Gasteiger partial charge on any atom is -0.494 e. The van der Waals surface area contributed by atoms with Crippen LogP contribution in [0.2, 0.25) is 33.2 Å². The molecule has 73 heavy (non-hydrogen) atoms. The number of ether oxygens (including phenoxy) is 2. The molecule has 0 saturated heterocycles. The van der Waals surface area contributed by atoms with Gasteiger partial charge in [-0.15, -0.1) is 0 Å². The molecule has 0 radical (unpaired) electrons. The Labute approximate surface area is 453 Å². The van der Waals surface area contributed by atoms with Gasteiger partial charge in [0.25, 0.3) is 0 Å². The van der Waals surface area contributed by atoms with Crippen molar-refractivity contribution in [2.45, 2.75) is 284 Å². The number of rotatable bonds is 43. The molecule has 0 aliphatic heterocycles. The minimum absolute atomic E-state index is 0.0466. The van der Waals surface area contributed by atoms with E-state index in [1.54, 1.807) is 0 Å². The third-order valence-electron chi connectivity index (χ3n) is 16.5. The van der Waals surface area contributed by atoms with E-state index in [4.69, 9.17) is 18.3 Å². The maximum Gasteiger partial charge on any atom is 0.221 e. The Morgan fingerprint density at radius 1 is 0.425 bits per heavy atom. The zero-order valence-corrected chi connectivity index (χ0v) is 52.4. The normalized spacial score (nSPS) is 13.1. The second-order valence-electron chi connectivity index (χ2n) is 24.6. The molecule has 0 aromatic heterocycles. The summed E-state index contributed by atoms with van der Waals surface area (Å²) in [4.78, 5) is 26.6. The second kappa shape index (κ2) is 35.8. The fourth-order valence-corrected chi connectivity index (χ4v) is 23.5. The van der Waals surface area contributed by atoms with E-state index in [-0.39, 0.29) is 30.4 Å². The highest BCUT2D eigenvalue weighted by atomic mass is 28.4. The first-order chi connectivity index (χ1) is 34.6. The number of nitrogens with one attached hydrogen (secondary N) is 1. The van der Waals surface area contributed by atoms with Crippen molar-refractivity contribution in [3.63, 3.8) is 0 Å². The molecule has 1 amide bonds. The summed E-state index contributed by atoms with van der Waals surface area (Å²) in [7, 11) is -3.49. The minimum atomic E-state index is -1.74. The summed E-state index contributed by atoms with van der Waals surface area (Å²) in [5.41, 5.74) is 5.02. The fraction of sp³-hybridized carbons (Fsp3) is 0.781. The molecule has 0 bridgehead atoms. The zero-order chi connectivity index (χ0) is 54.5. The Kier molecular flexibility index (Phi) is 32.7. The van der Waals surface area contributed by atoms with Gasteiger partial charge in [0.2, 0.25) is 5.91 Å². The SMILES string of the molecule is CC(C)C[C@H](C)C(=O)CCC(=O)NC(C)(c1ccc(OCCCCCCCCCCCO[Si](C(C)C)(C(C)C)C(C)C)cc1)c1ccc(OCCCCCCCCCCCO[Si](C(C)C)(C(C)C)C(C)C)cc1. The lowest BCUT2D eigenvalue weighted by Gasteiger charge is -2.42. The van der Waals surface area contributed by atoms with E-state index < -0.39 is 22.2 Å². The zero-order valence-electron chi connectivity index (χ0n) is 50.4. The van der Waals surface area contributed by atoms with Crippen LogP contribution < -0.4 is 14.8 Å². The van der Waals surface area contributed by atoms with Gasteiger partial charge >= 0.3 is 0 Å². The summed E-state index contributed by atoms with van der Waals surface area (Å²) in [6.07, 6.45) is 23.5. The van der Waals surface area contributed by atoms with Crippen LogP contribution in [0.15, 0.2) is 48.5 Å². The van der Waals surface area contributed by atoms with Crippen LogP contribution in [0, 0.1) is 11.8 Å². The molecule has 2 aromatic carbocycles. The van der Waals surface area contributed by atoms with Gasteiger partial charge in [0.15, 0.2) is 16.6 Å². The van der Waals surface area contributed by atoms with Crippen LogP contribution in [-0.4, -0.2) is 54.8 Å². The van der Waals surface area contributed by atoms with Crippen LogP contribution in [0.4, 0.5) is 0 Å². The molecule has 0 heterocycles. The lowest BCUT2D eigenvalue weighted by Crippen LogP contribution is -2.47. The van der Waals surface area contributed by atoms with Crippen molar-refractivity contribution in [1.82, 2.24) is 5.32 Å². The Morgan fingerprint density at radius 3 is 1.00 bits per heavy atom. The lowest BCUT2D eigenvalue weighted by atomic mass is 9.84. The van der Waals surface area contributed by atoms with Gasteiger partial charge in [-0.1, -0.05) is 218 Å². The predicted octanol–water partition coefficient (Wildman–Crippen LogP) is 19.3. The number of unbranched alkanes of at least 4 members (excludes halogenated alkanes) is 16. The first-order valence-corrected chi connectivity index (χ1v) is 34.5.